The van der Waals surface area contributed by atoms with Gasteiger partial charge in [0.1, 0.15) is 0 Å². The van der Waals surface area contributed by atoms with Crippen LogP contribution in [0.5, 0.6) is 0 Å². The van der Waals surface area contributed by atoms with E-state index in [1.54, 1.807) is 6.92 Å². The normalized spacial score (nSPS) is 14.8. The van der Waals surface area contributed by atoms with Crippen LogP contribution in [0.25, 0.3) is 0 Å². The molecule has 1 atom stereocenters. The molecule has 2 aromatic carbocycles. The van der Waals surface area contributed by atoms with Crippen LogP contribution in [-0.4, -0.2) is 5.11 Å². The molecule has 1 N–H and O–H groups in total. The maximum Gasteiger partial charge on any atom is 0.416 e. The Bertz CT molecular complexity index is 595. The fraction of sp³-hybridized carbons (Fsp3) is 0.294. The van der Waals surface area contributed by atoms with Gasteiger partial charge >= 0.3 is 6.18 Å². The van der Waals surface area contributed by atoms with Crippen molar-refractivity contribution >= 4 is 0 Å². The second-order valence-corrected chi connectivity index (χ2v) is 5.51. The Kier molecular flexibility index (Phi) is 4.10. The number of hydrogen-bond donors (Lipinski definition) is 1. The highest BCUT2D eigenvalue weighted by Gasteiger charge is 2.30. The summed E-state index contributed by atoms with van der Waals surface area (Å²) >= 11 is 0. The van der Waals surface area contributed by atoms with Crippen molar-refractivity contribution in [3.8, 4) is 0 Å². The molecule has 0 fully saturated rings. The van der Waals surface area contributed by atoms with E-state index in [2.05, 4.69) is 0 Å². The number of hydrogen-bond acceptors (Lipinski definition) is 1. The molecule has 0 radical (unpaired) electrons. The molecule has 0 saturated carbocycles. The molecule has 0 saturated heterocycles. The van der Waals surface area contributed by atoms with Gasteiger partial charge in [0.15, 0.2) is 0 Å². The van der Waals surface area contributed by atoms with Gasteiger partial charge in [-0.25, -0.2) is 0 Å². The molecule has 4 heteroatoms. The van der Waals surface area contributed by atoms with Crippen LogP contribution in [-0.2, 0) is 18.2 Å². The van der Waals surface area contributed by atoms with Crippen LogP contribution in [0.3, 0.4) is 0 Å². The lowest BCUT2D eigenvalue weighted by atomic mass is 9.88. The highest BCUT2D eigenvalue weighted by Crippen LogP contribution is 2.31. The van der Waals surface area contributed by atoms with Crippen molar-refractivity contribution in [1.29, 1.82) is 0 Å². The first-order chi connectivity index (χ1) is 9.68. The predicted octanol–water partition coefficient (Wildman–Crippen LogP) is 4.46. The zero-order chi connectivity index (χ0) is 15.7. The largest absolute Gasteiger partial charge is 0.416 e. The van der Waals surface area contributed by atoms with Crippen molar-refractivity contribution in [3.05, 3.63) is 70.8 Å². The third kappa shape index (κ3) is 3.85. The molecule has 0 aromatic heterocycles. The molecule has 0 heterocycles. The predicted molar refractivity (Wildman–Crippen MR) is 75.9 cm³/mol. The second kappa shape index (κ2) is 5.53. The van der Waals surface area contributed by atoms with Gasteiger partial charge in [-0.3, -0.25) is 0 Å². The van der Waals surface area contributed by atoms with E-state index in [0.29, 0.717) is 5.56 Å². The highest BCUT2D eigenvalue weighted by atomic mass is 19.4. The van der Waals surface area contributed by atoms with Crippen LogP contribution in [0, 0.1) is 6.92 Å². The third-order valence-electron chi connectivity index (χ3n) is 3.50. The summed E-state index contributed by atoms with van der Waals surface area (Å²) in [6, 6.07) is 12.4. The number of halogens is 3. The molecule has 112 valence electrons. The lowest BCUT2D eigenvalue weighted by Gasteiger charge is -2.24. The summed E-state index contributed by atoms with van der Waals surface area (Å²) in [6.45, 7) is 3.61. The number of benzene rings is 2. The van der Waals surface area contributed by atoms with Crippen LogP contribution in [0.1, 0.15) is 29.2 Å². The topological polar surface area (TPSA) is 20.2 Å². The summed E-state index contributed by atoms with van der Waals surface area (Å²) in [6.07, 6.45) is -4.08. The van der Waals surface area contributed by atoms with Gasteiger partial charge in [-0.1, -0.05) is 42.0 Å². The van der Waals surface area contributed by atoms with Crippen LogP contribution in [0.15, 0.2) is 48.5 Å². The van der Waals surface area contributed by atoms with E-state index in [0.717, 1.165) is 23.3 Å². The number of aliphatic hydroxyl groups is 1. The molecule has 2 rings (SSSR count). The van der Waals surface area contributed by atoms with Crippen LogP contribution < -0.4 is 0 Å². The maximum atomic E-state index is 12.5. The van der Waals surface area contributed by atoms with Gasteiger partial charge in [0.05, 0.1) is 11.2 Å². The lowest BCUT2D eigenvalue weighted by Crippen LogP contribution is -2.24. The summed E-state index contributed by atoms with van der Waals surface area (Å²) in [4.78, 5) is 0. The van der Waals surface area contributed by atoms with Crippen LogP contribution in [0.2, 0.25) is 0 Å². The fourth-order valence-corrected chi connectivity index (χ4v) is 2.22. The van der Waals surface area contributed by atoms with Crippen molar-refractivity contribution in [2.75, 3.05) is 0 Å². The van der Waals surface area contributed by atoms with E-state index in [9.17, 15) is 18.3 Å². The Morgan fingerprint density at radius 2 is 1.33 bits per heavy atom. The minimum atomic E-state index is -4.34. The average molecular weight is 294 g/mol. The fourth-order valence-electron chi connectivity index (χ4n) is 2.22. The Labute approximate surface area is 122 Å². The summed E-state index contributed by atoms with van der Waals surface area (Å²) in [7, 11) is 0. The average Bonchev–Trinajstić information content (AvgIpc) is 2.38. The lowest BCUT2D eigenvalue weighted by molar-refractivity contribution is -0.137. The molecular formula is C17H17F3O. The smallest absolute Gasteiger partial charge is 0.385 e. The van der Waals surface area contributed by atoms with E-state index < -0.39 is 17.3 Å². The van der Waals surface area contributed by atoms with E-state index in [1.165, 1.54) is 12.1 Å². The van der Waals surface area contributed by atoms with E-state index in [1.807, 2.05) is 31.2 Å². The molecule has 0 spiro atoms. The zero-order valence-electron chi connectivity index (χ0n) is 11.9. The molecule has 21 heavy (non-hydrogen) atoms. The monoisotopic (exact) mass is 294 g/mol. The van der Waals surface area contributed by atoms with Crippen molar-refractivity contribution in [1.82, 2.24) is 0 Å². The van der Waals surface area contributed by atoms with Crippen molar-refractivity contribution < 1.29 is 18.3 Å². The zero-order valence-corrected chi connectivity index (χ0v) is 11.9. The first-order valence-corrected chi connectivity index (χ1v) is 6.64. The van der Waals surface area contributed by atoms with Crippen LogP contribution in [0.4, 0.5) is 13.2 Å². The molecule has 1 unspecified atom stereocenters. The third-order valence-corrected chi connectivity index (χ3v) is 3.50. The Morgan fingerprint density at radius 3 is 1.81 bits per heavy atom. The van der Waals surface area contributed by atoms with E-state index in [4.69, 9.17) is 0 Å². The molecule has 0 amide bonds. The van der Waals surface area contributed by atoms with Crippen molar-refractivity contribution in [2.45, 2.75) is 32.0 Å². The summed E-state index contributed by atoms with van der Waals surface area (Å²) in [5, 5.41) is 10.5. The van der Waals surface area contributed by atoms with Crippen molar-refractivity contribution in [2.24, 2.45) is 0 Å². The molecule has 0 bridgehead atoms. The summed E-state index contributed by atoms with van der Waals surface area (Å²) in [5.41, 5.74) is 0.694. The number of aryl methyl sites for hydroxylation is 1. The van der Waals surface area contributed by atoms with Gasteiger partial charge in [-0.2, -0.15) is 13.2 Å². The Hall–Kier alpha value is -1.81. The van der Waals surface area contributed by atoms with E-state index in [-0.39, 0.29) is 6.42 Å². The quantitative estimate of drug-likeness (QED) is 0.886. The maximum absolute atomic E-state index is 12.5. The van der Waals surface area contributed by atoms with Crippen LogP contribution >= 0.6 is 0 Å². The SMILES string of the molecule is Cc1ccc(C(C)(O)Cc2ccc(C(F)(F)F)cc2)cc1. The molecule has 0 aliphatic carbocycles. The van der Waals surface area contributed by atoms with Gasteiger partial charge in [0.2, 0.25) is 0 Å². The minimum Gasteiger partial charge on any atom is -0.385 e. The first-order valence-electron chi connectivity index (χ1n) is 6.64. The van der Waals surface area contributed by atoms with Gasteiger partial charge in [-0.05, 0) is 37.1 Å². The Morgan fingerprint density at radius 1 is 0.857 bits per heavy atom. The number of alkyl halides is 3. The second-order valence-electron chi connectivity index (χ2n) is 5.51. The van der Waals surface area contributed by atoms with Gasteiger partial charge in [0.25, 0.3) is 0 Å². The molecule has 1 nitrogen and oxygen atoms in total. The van der Waals surface area contributed by atoms with E-state index >= 15 is 0 Å². The highest BCUT2D eigenvalue weighted by molar-refractivity contribution is 5.30. The molecule has 0 aliphatic rings. The molecular weight excluding hydrogens is 277 g/mol. The van der Waals surface area contributed by atoms with Crippen molar-refractivity contribution in [3.63, 3.8) is 0 Å². The summed E-state index contributed by atoms with van der Waals surface area (Å²) < 4.78 is 37.5. The molecule has 0 aliphatic heterocycles. The first kappa shape index (κ1) is 15.6. The van der Waals surface area contributed by atoms with Gasteiger partial charge in [0, 0.05) is 6.42 Å². The molecule has 2 aromatic rings. The Balaban J connectivity index is 2.18. The van der Waals surface area contributed by atoms with Gasteiger partial charge < -0.3 is 5.11 Å². The number of rotatable bonds is 3. The summed E-state index contributed by atoms with van der Waals surface area (Å²) in [5.74, 6) is 0. The standard InChI is InChI=1S/C17H17F3O/c1-12-3-7-14(8-4-12)16(2,21)11-13-5-9-15(10-6-13)17(18,19)20/h3-10,21H,11H2,1-2H3. The van der Waals surface area contributed by atoms with Gasteiger partial charge in [-0.15, -0.1) is 0 Å². The minimum absolute atomic E-state index is 0.258.